The second-order valence-electron chi connectivity index (χ2n) is 5.86. The van der Waals surface area contributed by atoms with Gasteiger partial charge in [0, 0.05) is 45.2 Å². The third kappa shape index (κ3) is 6.89. The van der Waals surface area contributed by atoms with E-state index in [0.29, 0.717) is 0 Å². The maximum Gasteiger partial charge on any atom is 0.190 e. The van der Waals surface area contributed by atoms with Crippen molar-refractivity contribution >= 4 is 5.96 Å². The number of aliphatic imine (C=N–C) groups is 1. The SMILES string of the molecule is CN=C(NCCCOCC1CC1)NCCc1ccc(C)nc1. The Kier molecular flexibility index (Phi) is 7.16. The van der Waals surface area contributed by atoms with Gasteiger partial charge in [-0.25, -0.2) is 0 Å². The topological polar surface area (TPSA) is 58.5 Å². The average Bonchev–Trinajstić information content (AvgIpc) is 3.35. The molecule has 5 nitrogen and oxygen atoms in total. The zero-order valence-electron chi connectivity index (χ0n) is 13.8. The molecule has 1 heterocycles. The quantitative estimate of drug-likeness (QED) is 0.416. The van der Waals surface area contributed by atoms with Crippen molar-refractivity contribution in [3.8, 4) is 0 Å². The maximum atomic E-state index is 5.61. The van der Waals surface area contributed by atoms with E-state index in [2.05, 4.69) is 26.7 Å². The first-order chi connectivity index (χ1) is 10.8. The molecular formula is C17H28N4O. The molecule has 0 bridgehead atoms. The minimum Gasteiger partial charge on any atom is -0.381 e. The summed E-state index contributed by atoms with van der Waals surface area (Å²) < 4.78 is 5.61. The van der Waals surface area contributed by atoms with Crippen LogP contribution in [0.2, 0.25) is 0 Å². The van der Waals surface area contributed by atoms with Gasteiger partial charge in [0.1, 0.15) is 0 Å². The lowest BCUT2D eigenvalue weighted by molar-refractivity contribution is 0.123. The highest BCUT2D eigenvalue weighted by atomic mass is 16.5. The number of pyridine rings is 1. The fourth-order valence-corrected chi connectivity index (χ4v) is 2.11. The van der Waals surface area contributed by atoms with Gasteiger partial charge in [-0.15, -0.1) is 0 Å². The van der Waals surface area contributed by atoms with Crippen molar-refractivity contribution in [2.45, 2.75) is 32.6 Å². The van der Waals surface area contributed by atoms with Gasteiger partial charge in [-0.05, 0) is 50.2 Å². The molecule has 0 atom stereocenters. The highest BCUT2D eigenvalue weighted by Gasteiger charge is 2.20. The van der Waals surface area contributed by atoms with Gasteiger partial charge >= 0.3 is 0 Å². The van der Waals surface area contributed by atoms with E-state index >= 15 is 0 Å². The van der Waals surface area contributed by atoms with Crippen LogP contribution in [0.15, 0.2) is 23.3 Å². The van der Waals surface area contributed by atoms with Gasteiger partial charge in [0.15, 0.2) is 5.96 Å². The number of hydrogen-bond acceptors (Lipinski definition) is 3. The van der Waals surface area contributed by atoms with Crippen LogP contribution in [-0.4, -0.2) is 44.3 Å². The molecule has 0 aromatic carbocycles. The number of nitrogens with one attached hydrogen (secondary N) is 2. The van der Waals surface area contributed by atoms with Crippen molar-refractivity contribution in [1.82, 2.24) is 15.6 Å². The van der Waals surface area contributed by atoms with Gasteiger partial charge in [0.25, 0.3) is 0 Å². The predicted octanol–water partition coefficient (Wildman–Crippen LogP) is 1.91. The molecular weight excluding hydrogens is 276 g/mol. The van der Waals surface area contributed by atoms with Crippen LogP contribution in [0.4, 0.5) is 0 Å². The van der Waals surface area contributed by atoms with Crippen LogP contribution in [0, 0.1) is 12.8 Å². The van der Waals surface area contributed by atoms with Crippen molar-refractivity contribution in [2.75, 3.05) is 33.4 Å². The first kappa shape index (κ1) is 16.7. The number of nitrogens with zero attached hydrogens (tertiary/aromatic N) is 2. The summed E-state index contributed by atoms with van der Waals surface area (Å²) in [4.78, 5) is 8.53. The fourth-order valence-electron chi connectivity index (χ4n) is 2.11. The summed E-state index contributed by atoms with van der Waals surface area (Å²) in [5, 5.41) is 6.63. The van der Waals surface area contributed by atoms with Crippen LogP contribution in [0.3, 0.4) is 0 Å². The van der Waals surface area contributed by atoms with Gasteiger partial charge in [-0.3, -0.25) is 9.98 Å². The lowest BCUT2D eigenvalue weighted by atomic mass is 10.2. The molecule has 0 saturated heterocycles. The van der Waals surface area contributed by atoms with E-state index in [4.69, 9.17) is 4.74 Å². The van der Waals surface area contributed by atoms with E-state index in [1.165, 1.54) is 18.4 Å². The molecule has 0 amide bonds. The van der Waals surface area contributed by atoms with Crippen LogP contribution in [0.1, 0.15) is 30.5 Å². The van der Waals surface area contributed by atoms with Gasteiger partial charge < -0.3 is 15.4 Å². The Hall–Kier alpha value is -1.62. The molecule has 2 rings (SSSR count). The Morgan fingerprint density at radius 2 is 2.14 bits per heavy atom. The van der Waals surface area contributed by atoms with Crippen molar-refractivity contribution in [1.29, 1.82) is 0 Å². The largest absolute Gasteiger partial charge is 0.381 e. The Morgan fingerprint density at radius 3 is 2.82 bits per heavy atom. The first-order valence-electron chi connectivity index (χ1n) is 8.21. The normalized spacial score (nSPS) is 14.9. The highest BCUT2D eigenvalue weighted by molar-refractivity contribution is 5.79. The number of aryl methyl sites for hydroxylation is 1. The monoisotopic (exact) mass is 304 g/mol. The molecule has 1 aliphatic rings. The lowest BCUT2D eigenvalue weighted by Crippen LogP contribution is -2.39. The summed E-state index contributed by atoms with van der Waals surface area (Å²) in [6, 6.07) is 4.17. The Bertz CT molecular complexity index is 454. The fraction of sp³-hybridized carbons (Fsp3) is 0.647. The maximum absolute atomic E-state index is 5.61. The number of aromatic nitrogens is 1. The van der Waals surface area contributed by atoms with Crippen LogP contribution in [-0.2, 0) is 11.2 Å². The summed E-state index contributed by atoms with van der Waals surface area (Å²) in [6.45, 7) is 5.51. The second-order valence-corrected chi connectivity index (χ2v) is 5.86. The molecule has 0 spiro atoms. The molecule has 2 N–H and O–H groups in total. The lowest BCUT2D eigenvalue weighted by Gasteiger charge is -2.12. The van der Waals surface area contributed by atoms with Gasteiger partial charge in [-0.1, -0.05) is 6.07 Å². The zero-order valence-corrected chi connectivity index (χ0v) is 13.8. The van der Waals surface area contributed by atoms with Crippen molar-refractivity contribution in [3.05, 3.63) is 29.6 Å². The Morgan fingerprint density at radius 1 is 1.32 bits per heavy atom. The number of ether oxygens (including phenoxy) is 1. The molecule has 122 valence electrons. The van der Waals surface area contributed by atoms with Crippen LogP contribution in [0.5, 0.6) is 0 Å². The minimum absolute atomic E-state index is 0.829. The third-order valence-corrected chi connectivity index (χ3v) is 3.71. The molecule has 1 saturated carbocycles. The van der Waals surface area contributed by atoms with Gasteiger partial charge in [0.2, 0.25) is 0 Å². The summed E-state index contributed by atoms with van der Waals surface area (Å²) in [6.07, 6.45) is 6.59. The van der Waals surface area contributed by atoms with E-state index in [1.54, 1.807) is 7.05 Å². The molecule has 1 aliphatic carbocycles. The van der Waals surface area contributed by atoms with Gasteiger partial charge in [0.05, 0.1) is 0 Å². The molecule has 22 heavy (non-hydrogen) atoms. The smallest absolute Gasteiger partial charge is 0.190 e. The van der Waals surface area contributed by atoms with Crippen LogP contribution in [0.25, 0.3) is 0 Å². The third-order valence-electron chi connectivity index (χ3n) is 3.71. The van der Waals surface area contributed by atoms with E-state index < -0.39 is 0 Å². The Labute approximate surface area is 133 Å². The predicted molar refractivity (Wildman–Crippen MR) is 90.2 cm³/mol. The van der Waals surface area contributed by atoms with Crippen LogP contribution >= 0.6 is 0 Å². The number of rotatable bonds is 9. The molecule has 0 aliphatic heterocycles. The summed E-state index contributed by atoms with van der Waals surface area (Å²) in [7, 11) is 1.80. The van der Waals surface area contributed by atoms with Crippen molar-refractivity contribution < 1.29 is 4.74 Å². The number of guanidine groups is 1. The zero-order chi connectivity index (χ0) is 15.6. The highest BCUT2D eigenvalue weighted by Crippen LogP contribution is 2.28. The van der Waals surface area contributed by atoms with E-state index in [9.17, 15) is 0 Å². The van der Waals surface area contributed by atoms with Gasteiger partial charge in [-0.2, -0.15) is 0 Å². The Balaban J connectivity index is 1.51. The molecule has 0 radical (unpaired) electrons. The van der Waals surface area contributed by atoms with Crippen LogP contribution < -0.4 is 10.6 Å². The summed E-state index contributed by atoms with van der Waals surface area (Å²) in [5.74, 6) is 1.70. The van der Waals surface area contributed by atoms with E-state index in [1.807, 2.05) is 19.2 Å². The van der Waals surface area contributed by atoms with Crippen molar-refractivity contribution in [3.63, 3.8) is 0 Å². The minimum atomic E-state index is 0.829. The standard InChI is InChI=1S/C17H28N4O/c1-14-4-5-15(12-21-14)8-10-20-17(18-2)19-9-3-11-22-13-16-6-7-16/h4-5,12,16H,3,6-11,13H2,1-2H3,(H2,18,19,20). The van der Waals surface area contributed by atoms with Crippen molar-refractivity contribution in [2.24, 2.45) is 10.9 Å². The average molecular weight is 304 g/mol. The molecule has 0 unspecified atom stereocenters. The number of hydrogen-bond donors (Lipinski definition) is 2. The molecule has 1 aromatic rings. The van der Waals surface area contributed by atoms with E-state index in [-0.39, 0.29) is 0 Å². The summed E-state index contributed by atoms with van der Waals surface area (Å²) >= 11 is 0. The first-order valence-corrected chi connectivity index (χ1v) is 8.21. The molecule has 1 aromatic heterocycles. The summed E-state index contributed by atoms with van der Waals surface area (Å²) in [5.41, 5.74) is 2.29. The molecule has 1 fully saturated rings. The molecule has 5 heteroatoms. The van der Waals surface area contributed by atoms with E-state index in [0.717, 1.165) is 56.7 Å². The second kappa shape index (κ2) is 9.41.